The average Bonchev–Trinajstić information content (AvgIpc) is 2.55. The second kappa shape index (κ2) is 6.49. The van der Waals surface area contributed by atoms with E-state index in [2.05, 4.69) is 0 Å². The number of sulfone groups is 1. The summed E-state index contributed by atoms with van der Waals surface area (Å²) in [5.74, 6) is -0.987. The van der Waals surface area contributed by atoms with Gasteiger partial charge in [-0.25, -0.2) is 8.42 Å². The van der Waals surface area contributed by atoms with Gasteiger partial charge in [0.05, 0.1) is 10.5 Å². The molecule has 0 atom stereocenters. The normalized spacial score (nSPS) is 12.6. The Balaban J connectivity index is 2.55. The molecule has 0 aliphatic carbocycles. The van der Waals surface area contributed by atoms with Gasteiger partial charge in [-0.05, 0) is 42.0 Å². The van der Waals surface area contributed by atoms with Crippen LogP contribution in [0.4, 0.5) is 13.2 Å². The quantitative estimate of drug-likeness (QED) is 0.638. The molecule has 0 aromatic heterocycles. The maximum Gasteiger partial charge on any atom is 0.416 e. The van der Waals surface area contributed by atoms with Gasteiger partial charge in [0.2, 0.25) is 9.84 Å². The average molecular weight is 369 g/mol. The van der Waals surface area contributed by atoms with Crippen LogP contribution >= 0.6 is 0 Å². The maximum absolute atomic E-state index is 12.7. The lowest BCUT2D eigenvalue weighted by Crippen LogP contribution is -2.08. The fraction of sp³-hybridized carbons (Fsp3) is 0.0625. The van der Waals surface area contributed by atoms with Gasteiger partial charge >= 0.3 is 6.18 Å². The molecule has 0 aliphatic rings. The summed E-state index contributed by atoms with van der Waals surface area (Å²) in [4.78, 5) is -1.49. The lowest BCUT2D eigenvalue weighted by Gasteiger charge is -2.09. The summed E-state index contributed by atoms with van der Waals surface area (Å²) in [5.41, 5.74) is -1.09. The van der Waals surface area contributed by atoms with E-state index >= 15 is 0 Å². The summed E-state index contributed by atoms with van der Waals surface area (Å²) in [5, 5.41) is 27.7. The van der Waals surface area contributed by atoms with Crippen molar-refractivity contribution in [3.8, 4) is 17.6 Å². The SMILES string of the molecule is N#C/C(=C\c1ccc(O)c(O)c1)S(=O)(=O)c1cccc(C(F)(F)F)c1. The highest BCUT2D eigenvalue weighted by molar-refractivity contribution is 7.95. The van der Waals surface area contributed by atoms with Crippen molar-refractivity contribution < 1.29 is 31.8 Å². The monoisotopic (exact) mass is 369 g/mol. The molecule has 2 N–H and O–H groups in total. The van der Waals surface area contributed by atoms with E-state index in [-0.39, 0.29) is 5.56 Å². The second-order valence-electron chi connectivity index (χ2n) is 4.90. The molecule has 2 rings (SSSR count). The number of phenolic OH excluding ortho intramolecular Hbond substituents is 2. The van der Waals surface area contributed by atoms with Crippen LogP contribution in [0.3, 0.4) is 0 Å². The Morgan fingerprint density at radius 3 is 2.32 bits per heavy atom. The lowest BCUT2D eigenvalue weighted by molar-refractivity contribution is -0.137. The summed E-state index contributed by atoms with van der Waals surface area (Å²) in [6.07, 6.45) is -3.85. The van der Waals surface area contributed by atoms with Crippen molar-refractivity contribution in [1.29, 1.82) is 5.26 Å². The molecule has 5 nitrogen and oxygen atoms in total. The fourth-order valence-corrected chi connectivity index (χ4v) is 3.12. The maximum atomic E-state index is 12.7. The number of nitriles is 1. The van der Waals surface area contributed by atoms with Gasteiger partial charge in [0, 0.05) is 0 Å². The lowest BCUT2D eigenvalue weighted by atomic mass is 10.2. The van der Waals surface area contributed by atoms with E-state index in [0.717, 1.165) is 30.3 Å². The number of hydrogen-bond acceptors (Lipinski definition) is 5. The summed E-state index contributed by atoms with van der Waals surface area (Å²) in [6.45, 7) is 0. The van der Waals surface area contributed by atoms with E-state index in [0.29, 0.717) is 12.1 Å². The highest BCUT2D eigenvalue weighted by Crippen LogP contribution is 2.32. The first-order valence-corrected chi connectivity index (χ1v) is 8.10. The first-order valence-electron chi connectivity index (χ1n) is 6.62. The van der Waals surface area contributed by atoms with Gasteiger partial charge in [-0.1, -0.05) is 12.1 Å². The third-order valence-electron chi connectivity index (χ3n) is 3.17. The standard InChI is InChI=1S/C16H10F3NO4S/c17-16(18,19)11-2-1-3-12(8-11)25(23,24)13(9-20)6-10-4-5-14(21)15(22)7-10/h1-8,21-22H/b13-6+. The zero-order valence-electron chi connectivity index (χ0n) is 12.3. The smallest absolute Gasteiger partial charge is 0.416 e. The van der Waals surface area contributed by atoms with Crippen molar-refractivity contribution in [2.75, 3.05) is 0 Å². The zero-order chi connectivity index (χ0) is 18.8. The molecular formula is C16H10F3NO4S. The third kappa shape index (κ3) is 3.92. The molecule has 0 spiro atoms. The number of allylic oxidation sites excluding steroid dienone is 1. The molecule has 2 aromatic rings. The van der Waals surface area contributed by atoms with Crippen LogP contribution in [0.5, 0.6) is 11.5 Å². The van der Waals surface area contributed by atoms with E-state index in [9.17, 15) is 31.8 Å². The molecule has 0 saturated heterocycles. The number of aromatic hydroxyl groups is 2. The van der Waals surface area contributed by atoms with Gasteiger partial charge in [-0.2, -0.15) is 18.4 Å². The van der Waals surface area contributed by atoms with Crippen molar-refractivity contribution in [2.45, 2.75) is 11.1 Å². The Bertz CT molecular complexity index is 989. The fourth-order valence-electron chi connectivity index (χ4n) is 1.92. The minimum Gasteiger partial charge on any atom is -0.504 e. The molecule has 25 heavy (non-hydrogen) atoms. The molecule has 0 unspecified atom stereocenters. The number of rotatable bonds is 3. The molecule has 2 aromatic carbocycles. The number of benzene rings is 2. The number of halogens is 3. The Morgan fingerprint density at radius 1 is 1.08 bits per heavy atom. The van der Waals surface area contributed by atoms with Crippen molar-refractivity contribution in [3.63, 3.8) is 0 Å². The molecule has 0 bridgehead atoms. The first kappa shape index (κ1) is 18.4. The number of hydrogen-bond donors (Lipinski definition) is 2. The number of phenols is 2. The zero-order valence-corrected chi connectivity index (χ0v) is 13.1. The van der Waals surface area contributed by atoms with Crippen LogP contribution in [-0.2, 0) is 16.0 Å². The molecular weight excluding hydrogens is 359 g/mol. The first-order chi connectivity index (χ1) is 11.6. The predicted octanol–water partition coefficient (Wildman–Crippen LogP) is 3.45. The molecule has 0 heterocycles. The predicted molar refractivity (Wildman–Crippen MR) is 82.0 cm³/mol. The Hall–Kier alpha value is -2.99. The summed E-state index contributed by atoms with van der Waals surface area (Å²) < 4.78 is 63.1. The van der Waals surface area contributed by atoms with Crippen molar-refractivity contribution >= 4 is 15.9 Å². The van der Waals surface area contributed by atoms with Crippen LogP contribution in [0.15, 0.2) is 52.3 Å². The van der Waals surface area contributed by atoms with Crippen LogP contribution in [0.25, 0.3) is 6.08 Å². The van der Waals surface area contributed by atoms with Gasteiger partial charge in [0.1, 0.15) is 11.0 Å². The summed E-state index contributed by atoms with van der Waals surface area (Å²) >= 11 is 0. The number of nitrogens with zero attached hydrogens (tertiary/aromatic N) is 1. The molecule has 9 heteroatoms. The minimum absolute atomic E-state index is 0.0717. The Kier molecular flexibility index (Phi) is 4.76. The van der Waals surface area contributed by atoms with Crippen molar-refractivity contribution in [1.82, 2.24) is 0 Å². The van der Waals surface area contributed by atoms with E-state index in [1.165, 1.54) is 12.1 Å². The molecule has 0 radical (unpaired) electrons. The van der Waals surface area contributed by atoms with Gasteiger partial charge in [-0.3, -0.25) is 0 Å². The molecule has 130 valence electrons. The van der Waals surface area contributed by atoms with E-state index < -0.39 is 42.9 Å². The Labute approximate surface area is 140 Å². The van der Waals surface area contributed by atoms with Crippen LogP contribution < -0.4 is 0 Å². The van der Waals surface area contributed by atoms with Crippen LogP contribution in [-0.4, -0.2) is 18.6 Å². The van der Waals surface area contributed by atoms with Gasteiger partial charge < -0.3 is 10.2 Å². The topological polar surface area (TPSA) is 98.4 Å². The summed E-state index contributed by atoms with van der Waals surface area (Å²) in [7, 11) is -4.50. The largest absolute Gasteiger partial charge is 0.504 e. The second-order valence-corrected chi connectivity index (χ2v) is 6.82. The van der Waals surface area contributed by atoms with Crippen molar-refractivity contribution in [2.24, 2.45) is 0 Å². The number of alkyl halides is 3. The van der Waals surface area contributed by atoms with Crippen molar-refractivity contribution in [3.05, 3.63) is 58.5 Å². The van der Waals surface area contributed by atoms with E-state index in [4.69, 9.17) is 5.26 Å². The molecule has 0 aliphatic heterocycles. The van der Waals surface area contributed by atoms with E-state index in [1.807, 2.05) is 0 Å². The Morgan fingerprint density at radius 2 is 1.76 bits per heavy atom. The molecule has 0 saturated carbocycles. The third-order valence-corrected chi connectivity index (χ3v) is 4.83. The van der Waals surface area contributed by atoms with Crippen LogP contribution in [0, 0.1) is 11.3 Å². The van der Waals surface area contributed by atoms with Crippen LogP contribution in [0.2, 0.25) is 0 Å². The van der Waals surface area contributed by atoms with Crippen LogP contribution in [0.1, 0.15) is 11.1 Å². The molecule has 0 fully saturated rings. The minimum atomic E-state index is -4.73. The summed E-state index contributed by atoms with van der Waals surface area (Å²) in [6, 6.07) is 7.77. The van der Waals surface area contributed by atoms with Gasteiger partial charge in [0.15, 0.2) is 11.5 Å². The van der Waals surface area contributed by atoms with Gasteiger partial charge in [-0.15, -0.1) is 0 Å². The van der Waals surface area contributed by atoms with E-state index in [1.54, 1.807) is 0 Å². The highest BCUT2D eigenvalue weighted by atomic mass is 32.2. The van der Waals surface area contributed by atoms with Gasteiger partial charge in [0.25, 0.3) is 0 Å². The highest BCUT2D eigenvalue weighted by Gasteiger charge is 2.32. The molecule has 0 amide bonds.